The van der Waals surface area contributed by atoms with Crippen LogP contribution in [0.1, 0.15) is 25.3 Å². The third-order valence-corrected chi connectivity index (χ3v) is 5.04. The van der Waals surface area contributed by atoms with Crippen LogP contribution in [0.3, 0.4) is 0 Å². The molecule has 0 radical (unpaired) electrons. The summed E-state index contributed by atoms with van der Waals surface area (Å²) in [5, 5.41) is 2.76. The van der Waals surface area contributed by atoms with Crippen molar-refractivity contribution in [3.8, 4) is 0 Å². The predicted octanol–water partition coefficient (Wildman–Crippen LogP) is 2.56. The van der Waals surface area contributed by atoms with Crippen LogP contribution in [0, 0.1) is 23.0 Å². The molecule has 2 aliphatic rings. The fourth-order valence-corrected chi connectivity index (χ4v) is 3.40. The minimum atomic E-state index is -1.37. The van der Waals surface area contributed by atoms with Crippen molar-refractivity contribution in [1.82, 2.24) is 5.32 Å². The molecule has 0 saturated heterocycles. The van der Waals surface area contributed by atoms with E-state index in [2.05, 4.69) is 10.1 Å². The summed E-state index contributed by atoms with van der Waals surface area (Å²) >= 11 is 0. The van der Waals surface area contributed by atoms with Gasteiger partial charge in [0.05, 0.1) is 13.0 Å². The molecule has 1 aromatic carbocycles. The lowest BCUT2D eigenvalue weighted by atomic mass is 9.83. The molecule has 27 heavy (non-hydrogen) atoms. The Bertz CT molecular complexity index is 856. The molecular weight excluding hydrogens is 356 g/mol. The molecule has 1 amide bonds. The van der Waals surface area contributed by atoms with Crippen LogP contribution in [0.25, 0.3) is 5.57 Å². The van der Waals surface area contributed by atoms with Crippen LogP contribution >= 0.6 is 0 Å². The second-order valence-electron chi connectivity index (χ2n) is 6.97. The number of Topliss-reactive ketones (excluding diaryl/α,β-unsaturated/α-hetero) is 1. The predicted molar refractivity (Wildman–Crippen MR) is 93.3 cm³/mol. The molecule has 0 aromatic heterocycles. The zero-order valence-electron chi connectivity index (χ0n) is 14.9. The fourth-order valence-electron chi connectivity index (χ4n) is 3.40. The van der Waals surface area contributed by atoms with Crippen molar-refractivity contribution < 1.29 is 27.9 Å². The largest absolute Gasteiger partial charge is 0.469 e. The number of halogens is 2. The monoisotopic (exact) mass is 375 g/mol. The van der Waals surface area contributed by atoms with E-state index in [4.69, 9.17) is 0 Å². The number of nitrogens with one attached hydrogen (secondary N) is 1. The fraction of sp³-hybridized carbons (Fsp3) is 0.350. The lowest BCUT2D eigenvalue weighted by Crippen LogP contribution is -2.46. The van der Waals surface area contributed by atoms with Gasteiger partial charge in [-0.3, -0.25) is 14.4 Å². The molecule has 1 unspecified atom stereocenters. The Balaban J connectivity index is 1.71. The van der Waals surface area contributed by atoms with E-state index in [0.717, 1.165) is 18.2 Å². The van der Waals surface area contributed by atoms with Crippen LogP contribution in [-0.2, 0) is 19.1 Å². The molecule has 0 saturated carbocycles. The van der Waals surface area contributed by atoms with Gasteiger partial charge in [-0.1, -0.05) is 18.2 Å². The highest BCUT2D eigenvalue weighted by atomic mass is 19.1. The third kappa shape index (κ3) is 3.54. The van der Waals surface area contributed by atoms with E-state index in [1.807, 2.05) is 0 Å². The maximum atomic E-state index is 13.5. The summed E-state index contributed by atoms with van der Waals surface area (Å²) < 4.78 is 31.6. The molecule has 3 rings (SSSR count). The molecule has 142 valence electrons. The Hall–Kier alpha value is -2.83. The molecule has 0 bridgehead atoms. The number of rotatable bonds is 4. The SMILES string of the molecule is COC(=O)[C@@H]1C=C[C@H](NC(=O)C2(C)CC=C(c3cc(F)cc(F)c3)C2=O)C1. The van der Waals surface area contributed by atoms with E-state index in [-0.39, 0.29) is 29.6 Å². The Morgan fingerprint density at radius 1 is 1.19 bits per heavy atom. The number of allylic oxidation sites excluding steroid dienone is 2. The second-order valence-corrected chi connectivity index (χ2v) is 6.97. The Morgan fingerprint density at radius 3 is 2.48 bits per heavy atom. The van der Waals surface area contributed by atoms with Crippen LogP contribution in [0.5, 0.6) is 0 Å². The highest BCUT2D eigenvalue weighted by molar-refractivity contribution is 6.31. The summed E-state index contributed by atoms with van der Waals surface area (Å²) in [6.45, 7) is 1.50. The maximum absolute atomic E-state index is 13.5. The van der Waals surface area contributed by atoms with Crippen LogP contribution in [-0.4, -0.2) is 30.8 Å². The summed E-state index contributed by atoms with van der Waals surface area (Å²) in [5.74, 6) is -3.38. The molecular formula is C20H19F2NO4. The summed E-state index contributed by atoms with van der Waals surface area (Å²) in [4.78, 5) is 37.1. The molecule has 0 fully saturated rings. The molecule has 7 heteroatoms. The quantitative estimate of drug-likeness (QED) is 0.499. The molecule has 0 heterocycles. The normalized spacial score (nSPS) is 26.8. The Kier molecular flexibility index (Phi) is 4.95. The van der Waals surface area contributed by atoms with Gasteiger partial charge in [-0.15, -0.1) is 0 Å². The van der Waals surface area contributed by atoms with Gasteiger partial charge < -0.3 is 10.1 Å². The van der Waals surface area contributed by atoms with Crippen molar-refractivity contribution in [2.45, 2.75) is 25.8 Å². The van der Waals surface area contributed by atoms with Crippen molar-refractivity contribution in [2.24, 2.45) is 11.3 Å². The van der Waals surface area contributed by atoms with Crippen molar-refractivity contribution in [2.75, 3.05) is 7.11 Å². The number of carbonyl (C=O) groups is 3. The number of carbonyl (C=O) groups excluding carboxylic acids is 3. The van der Waals surface area contributed by atoms with Crippen molar-refractivity contribution in [1.29, 1.82) is 0 Å². The van der Waals surface area contributed by atoms with E-state index in [9.17, 15) is 23.2 Å². The first-order chi connectivity index (χ1) is 12.7. The number of esters is 1. The molecule has 1 N–H and O–H groups in total. The zero-order chi connectivity index (χ0) is 19.8. The van der Waals surface area contributed by atoms with E-state index in [0.29, 0.717) is 6.42 Å². The number of benzene rings is 1. The van der Waals surface area contributed by atoms with Gasteiger partial charge in [0.2, 0.25) is 5.91 Å². The Labute approximate surface area is 155 Å². The zero-order valence-corrected chi connectivity index (χ0v) is 14.9. The highest BCUT2D eigenvalue weighted by Crippen LogP contribution is 2.39. The van der Waals surface area contributed by atoms with Gasteiger partial charge in [0.1, 0.15) is 17.0 Å². The van der Waals surface area contributed by atoms with E-state index >= 15 is 0 Å². The first kappa shape index (κ1) is 18.9. The minimum Gasteiger partial charge on any atom is -0.469 e. The van der Waals surface area contributed by atoms with Crippen molar-refractivity contribution >= 4 is 23.2 Å². The first-order valence-electron chi connectivity index (χ1n) is 8.53. The van der Waals surface area contributed by atoms with Gasteiger partial charge >= 0.3 is 5.97 Å². The summed E-state index contributed by atoms with van der Waals surface area (Å²) in [7, 11) is 1.29. The standard InChI is InChI=1S/C20H19F2NO4/c1-20(19(26)23-15-4-3-11(9-15)18(25)27-2)6-5-16(17(20)24)12-7-13(21)10-14(22)8-12/h3-5,7-8,10-11,15H,6,9H2,1-2H3,(H,23,26)/t11-,15+,20?/m1/s1. The first-order valence-corrected chi connectivity index (χ1v) is 8.53. The van der Waals surface area contributed by atoms with Crippen molar-refractivity contribution in [3.05, 3.63) is 53.6 Å². The van der Waals surface area contributed by atoms with Gasteiger partial charge in [-0.2, -0.15) is 0 Å². The summed E-state index contributed by atoms with van der Waals surface area (Å²) in [6, 6.07) is 2.47. The van der Waals surface area contributed by atoms with Gasteiger partial charge in [-0.05, 0) is 37.5 Å². The van der Waals surface area contributed by atoms with Crippen LogP contribution in [0.2, 0.25) is 0 Å². The van der Waals surface area contributed by atoms with Gasteiger partial charge in [0, 0.05) is 17.7 Å². The van der Waals surface area contributed by atoms with Crippen LogP contribution < -0.4 is 5.32 Å². The number of ketones is 1. The number of hydrogen-bond acceptors (Lipinski definition) is 4. The lowest BCUT2D eigenvalue weighted by molar-refractivity contribution is -0.144. The maximum Gasteiger partial charge on any atom is 0.312 e. The molecule has 1 aromatic rings. The van der Waals surface area contributed by atoms with Crippen LogP contribution in [0.4, 0.5) is 8.78 Å². The van der Waals surface area contributed by atoms with Crippen LogP contribution in [0.15, 0.2) is 36.4 Å². The molecule has 3 atom stereocenters. The number of hydrogen-bond donors (Lipinski definition) is 1. The van der Waals surface area contributed by atoms with Gasteiger partial charge in [0.25, 0.3) is 0 Å². The summed E-state index contributed by atoms with van der Waals surface area (Å²) in [6.07, 6.45) is 5.37. The van der Waals surface area contributed by atoms with Crippen molar-refractivity contribution in [3.63, 3.8) is 0 Å². The van der Waals surface area contributed by atoms with Gasteiger partial charge in [0.15, 0.2) is 5.78 Å². The van der Waals surface area contributed by atoms with E-state index < -0.39 is 34.7 Å². The third-order valence-electron chi connectivity index (χ3n) is 5.04. The number of amides is 1. The van der Waals surface area contributed by atoms with E-state index in [1.54, 1.807) is 12.2 Å². The van der Waals surface area contributed by atoms with Gasteiger partial charge in [-0.25, -0.2) is 8.78 Å². The molecule has 2 aliphatic carbocycles. The minimum absolute atomic E-state index is 0.112. The summed E-state index contributed by atoms with van der Waals surface area (Å²) in [5.41, 5.74) is -1.13. The lowest BCUT2D eigenvalue weighted by Gasteiger charge is -2.24. The molecule has 5 nitrogen and oxygen atoms in total. The average Bonchev–Trinajstić information content (AvgIpc) is 3.19. The number of methoxy groups -OCH3 is 1. The Morgan fingerprint density at radius 2 is 1.85 bits per heavy atom. The highest BCUT2D eigenvalue weighted by Gasteiger charge is 2.46. The molecule has 0 spiro atoms. The topological polar surface area (TPSA) is 72.5 Å². The molecule has 0 aliphatic heterocycles. The smallest absolute Gasteiger partial charge is 0.312 e. The second kappa shape index (κ2) is 7.06. The average molecular weight is 375 g/mol. The van der Waals surface area contributed by atoms with E-state index in [1.165, 1.54) is 20.1 Å². The number of ether oxygens (including phenoxy) is 1.